The van der Waals surface area contributed by atoms with Gasteiger partial charge >= 0.3 is 0 Å². The fraction of sp³-hybridized carbons (Fsp3) is 0.480. The van der Waals surface area contributed by atoms with Crippen molar-refractivity contribution in [2.75, 3.05) is 26.7 Å². The van der Waals surface area contributed by atoms with Gasteiger partial charge in [-0.3, -0.25) is 4.79 Å². The van der Waals surface area contributed by atoms with Crippen LogP contribution in [-0.2, 0) is 14.8 Å². The van der Waals surface area contributed by atoms with E-state index in [-0.39, 0.29) is 41.5 Å². The minimum atomic E-state index is -3.97. The summed E-state index contributed by atoms with van der Waals surface area (Å²) >= 11 is 0. The zero-order chi connectivity index (χ0) is 24.6. The minimum absolute atomic E-state index is 0.0129. The Morgan fingerprint density at radius 3 is 2.59 bits per heavy atom. The lowest BCUT2D eigenvalue weighted by molar-refractivity contribution is -0.132. The van der Waals surface area contributed by atoms with Gasteiger partial charge in [0.15, 0.2) is 0 Å². The Kier molecular flexibility index (Phi) is 6.98. The summed E-state index contributed by atoms with van der Waals surface area (Å²) in [7, 11) is -2.23. The van der Waals surface area contributed by atoms with Crippen molar-refractivity contribution in [3.63, 3.8) is 0 Å². The van der Waals surface area contributed by atoms with E-state index >= 15 is 0 Å². The number of carbonyl (C=O) groups excluding carboxylic acids is 1. The van der Waals surface area contributed by atoms with Crippen LogP contribution >= 0.6 is 0 Å². The first kappa shape index (κ1) is 24.6. The first-order valence-electron chi connectivity index (χ1n) is 11.6. The van der Waals surface area contributed by atoms with Gasteiger partial charge in [-0.1, -0.05) is 25.1 Å². The van der Waals surface area contributed by atoms with Crippen molar-refractivity contribution in [2.45, 2.75) is 43.7 Å². The number of benzene rings is 2. The van der Waals surface area contributed by atoms with Crippen LogP contribution in [0.5, 0.6) is 5.75 Å². The van der Waals surface area contributed by atoms with Gasteiger partial charge in [0, 0.05) is 31.5 Å². The van der Waals surface area contributed by atoms with Gasteiger partial charge in [0.25, 0.3) is 0 Å². The Morgan fingerprint density at radius 1 is 1.24 bits per heavy atom. The quantitative estimate of drug-likeness (QED) is 0.672. The van der Waals surface area contributed by atoms with Crippen LogP contribution in [0.25, 0.3) is 11.1 Å². The monoisotopic (exact) mass is 490 g/mol. The molecule has 4 rings (SSSR count). The lowest BCUT2D eigenvalue weighted by Gasteiger charge is -2.37. The van der Waals surface area contributed by atoms with Gasteiger partial charge in [-0.05, 0) is 55.2 Å². The molecule has 1 aliphatic heterocycles. The van der Waals surface area contributed by atoms with Crippen LogP contribution in [0.1, 0.15) is 26.7 Å². The third kappa shape index (κ3) is 4.96. The lowest BCUT2D eigenvalue weighted by Crippen LogP contribution is -2.50. The molecule has 1 fully saturated rings. The van der Waals surface area contributed by atoms with Crippen LogP contribution in [0.3, 0.4) is 0 Å². The molecule has 1 heterocycles. The number of aliphatic hydroxyl groups is 1. The van der Waals surface area contributed by atoms with Gasteiger partial charge < -0.3 is 14.7 Å². The van der Waals surface area contributed by atoms with Crippen LogP contribution in [0, 0.1) is 17.7 Å². The molecule has 1 saturated carbocycles. The SMILES string of the molecule is C[C@@H]1CN([C@@H](C)CO)S(=O)(=O)c2ccc(-c3cccc(F)c3)cc2O[C@@H]1CN(C)C(=O)C1CC1. The zero-order valence-electron chi connectivity index (χ0n) is 19.6. The fourth-order valence-corrected chi connectivity index (χ4v) is 6.12. The molecule has 1 amide bonds. The summed E-state index contributed by atoms with van der Waals surface area (Å²) in [5.74, 6) is -0.371. The molecule has 7 nitrogen and oxygen atoms in total. The molecule has 2 aromatic carbocycles. The van der Waals surface area contributed by atoms with Crippen molar-refractivity contribution in [3.8, 4) is 16.9 Å². The Balaban J connectivity index is 1.77. The number of carbonyl (C=O) groups is 1. The number of sulfonamides is 1. The van der Waals surface area contributed by atoms with E-state index in [1.807, 2.05) is 6.92 Å². The number of rotatable bonds is 6. The van der Waals surface area contributed by atoms with Gasteiger partial charge in [-0.25, -0.2) is 12.8 Å². The third-order valence-corrected chi connectivity index (χ3v) is 8.60. The molecule has 2 aliphatic rings. The van der Waals surface area contributed by atoms with Gasteiger partial charge in [-0.15, -0.1) is 0 Å². The Morgan fingerprint density at radius 2 is 1.94 bits per heavy atom. The van der Waals surface area contributed by atoms with E-state index in [1.54, 1.807) is 43.1 Å². The third-order valence-electron chi connectivity index (χ3n) is 6.58. The molecule has 0 spiro atoms. The minimum Gasteiger partial charge on any atom is -0.487 e. The van der Waals surface area contributed by atoms with E-state index in [2.05, 4.69) is 0 Å². The van der Waals surface area contributed by atoms with E-state index in [4.69, 9.17) is 4.74 Å². The highest BCUT2D eigenvalue weighted by Gasteiger charge is 2.39. The maximum atomic E-state index is 13.8. The van der Waals surface area contributed by atoms with Crippen molar-refractivity contribution in [2.24, 2.45) is 11.8 Å². The van der Waals surface area contributed by atoms with Crippen molar-refractivity contribution < 1.29 is 27.4 Å². The molecule has 1 N–H and O–H groups in total. The van der Waals surface area contributed by atoms with Crippen molar-refractivity contribution in [3.05, 3.63) is 48.3 Å². The molecule has 0 unspecified atom stereocenters. The van der Waals surface area contributed by atoms with Gasteiger partial charge in [0.05, 0.1) is 13.2 Å². The largest absolute Gasteiger partial charge is 0.487 e. The van der Waals surface area contributed by atoms with Crippen LogP contribution in [0.15, 0.2) is 47.4 Å². The number of likely N-dealkylation sites (N-methyl/N-ethyl adjacent to an activating group) is 1. The highest BCUT2D eigenvalue weighted by atomic mass is 32.2. The average molecular weight is 491 g/mol. The second-order valence-electron chi connectivity index (χ2n) is 9.40. The number of nitrogens with zero attached hydrogens (tertiary/aromatic N) is 2. The Hall–Kier alpha value is -2.49. The van der Waals surface area contributed by atoms with Crippen molar-refractivity contribution >= 4 is 15.9 Å². The number of hydrogen-bond donors (Lipinski definition) is 1. The van der Waals surface area contributed by atoms with Gasteiger partial charge in [-0.2, -0.15) is 4.31 Å². The van der Waals surface area contributed by atoms with Crippen LogP contribution < -0.4 is 4.74 Å². The first-order valence-corrected chi connectivity index (χ1v) is 13.0. The number of aliphatic hydroxyl groups excluding tert-OH is 1. The first-order chi connectivity index (χ1) is 16.1. The topological polar surface area (TPSA) is 87.2 Å². The number of fused-ring (bicyclic) bond motifs is 1. The zero-order valence-corrected chi connectivity index (χ0v) is 20.5. The van der Waals surface area contributed by atoms with Crippen LogP contribution in [0.4, 0.5) is 4.39 Å². The highest BCUT2D eigenvalue weighted by molar-refractivity contribution is 7.89. The summed E-state index contributed by atoms with van der Waals surface area (Å²) in [4.78, 5) is 14.2. The van der Waals surface area contributed by atoms with E-state index in [0.717, 1.165) is 12.8 Å². The Bertz CT molecular complexity index is 1170. The number of halogens is 1. The van der Waals surface area contributed by atoms with E-state index < -0.39 is 28.0 Å². The van der Waals surface area contributed by atoms with Crippen molar-refractivity contribution in [1.29, 1.82) is 0 Å². The number of ether oxygens (including phenoxy) is 1. The molecule has 0 bridgehead atoms. The molecule has 3 atom stereocenters. The predicted molar refractivity (Wildman–Crippen MR) is 126 cm³/mol. The standard InChI is InChI=1S/C25H31FN2O5S/c1-16-13-28(17(2)15-29)34(31,32)24-10-9-20(19-5-4-6-21(26)11-19)12-22(24)33-23(16)14-27(3)25(30)18-7-8-18/h4-6,9-12,16-18,23,29H,7-8,13-15H2,1-3H3/t16-,17+,23-/m1/s1. The average Bonchev–Trinajstić information content (AvgIpc) is 3.65. The van der Waals surface area contributed by atoms with E-state index in [1.165, 1.54) is 22.5 Å². The molecule has 184 valence electrons. The lowest BCUT2D eigenvalue weighted by atomic mass is 10.0. The summed E-state index contributed by atoms with van der Waals surface area (Å²) in [5, 5.41) is 9.76. The summed E-state index contributed by atoms with van der Waals surface area (Å²) in [6.07, 6.45) is 1.31. The van der Waals surface area contributed by atoms with E-state index in [0.29, 0.717) is 17.7 Å². The van der Waals surface area contributed by atoms with Crippen LogP contribution in [0.2, 0.25) is 0 Å². The second-order valence-corrected chi connectivity index (χ2v) is 11.3. The molecule has 9 heteroatoms. The normalized spacial score (nSPS) is 23.2. The molecular weight excluding hydrogens is 459 g/mol. The molecule has 34 heavy (non-hydrogen) atoms. The highest BCUT2D eigenvalue weighted by Crippen LogP contribution is 2.37. The molecule has 1 aliphatic carbocycles. The molecule has 0 saturated heterocycles. The smallest absolute Gasteiger partial charge is 0.247 e. The van der Waals surface area contributed by atoms with Gasteiger partial charge in [0.2, 0.25) is 15.9 Å². The second kappa shape index (κ2) is 9.64. The Labute approximate surface area is 200 Å². The van der Waals surface area contributed by atoms with Crippen LogP contribution in [-0.4, -0.2) is 67.5 Å². The number of hydrogen-bond acceptors (Lipinski definition) is 5. The molecule has 2 aromatic rings. The summed E-state index contributed by atoms with van der Waals surface area (Å²) in [6, 6.07) is 10.1. The fourth-order valence-electron chi connectivity index (χ4n) is 4.29. The molecule has 0 radical (unpaired) electrons. The summed E-state index contributed by atoms with van der Waals surface area (Å²) in [6.45, 7) is 3.67. The maximum Gasteiger partial charge on any atom is 0.247 e. The predicted octanol–water partition coefficient (Wildman–Crippen LogP) is 3.13. The summed E-state index contributed by atoms with van der Waals surface area (Å²) in [5.41, 5.74) is 1.21. The van der Waals surface area contributed by atoms with Gasteiger partial charge in [0.1, 0.15) is 22.6 Å². The molecule has 0 aromatic heterocycles. The van der Waals surface area contributed by atoms with E-state index in [9.17, 15) is 22.7 Å². The number of amides is 1. The molecular formula is C25H31FN2O5S. The van der Waals surface area contributed by atoms with Crippen molar-refractivity contribution in [1.82, 2.24) is 9.21 Å². The summed E-state index contributed by atoms with van der Waals surface area (Å²) < 4.78 is 48.6. The maximum absolute atomic E-state index is 13.8.